The van der Waals surface area contributed by atoms with Gasteiger partial charge in [-0.3, -0.25) is 0 Å². The highest BCUT2D eigenvalue weighted by Gasteiger charge is 2.04. The first-order valence-corrected chi connectivity index (χ1v) is 10.6. The quantitative estimate of drug-likeness (QED) is 0.289. The summed E-state index contributed by atoms with van der Waals surface area (Å²) in [5, 5.41) is 8.95. The predicted octanol–water partition coefficient (Wildman–Crippen LogP) is 5.12. The number of aliphatic hydroxyl groups excluding tert-OH is 1. The van der Waals surface area contributed by atoms with Gasteiger partial charge in [0.25, 0.3) is 0 Å². The average Bonchev–Trinajstić information content (AvgIpc) is 2.64. The normalized spacial score (nSPS) is 12.6. The zero-order chi connectivity index (χ0) is 18.4. The van der Waals surface area contributed by atoms with Crippen LogP contribution in [0.15, 0.2) is 0 Å². The number of unbranched alkanes of at least 4 members (excludes halogenated alkanes) is 11. The number of hydrogen-bond acceptors (Lipinski definition) is 4. The van der Waals surface area contributed by atoms with Gasteiger partial charge in [0.2, 0.25) is 0 Å². The minimum absolute atomic E-state index is 0.0206. The fourth-order valence-electron chi connectivity index (χ4n) is 2.79. The lowest BCUT2D eigenvalue weighted by Gasteiger charge is -2.12. The van der Waals surface area contributed by atoms with Crippen LogP contribution in [0.3, 0.4) is 0 Å². The van der Waals surface area contributed by atoms with Crippen molar-refractivity contribution in [3.63, 3.8) is 0 Å². The first kappa shape index (κ1) is 24.8. The zero-order valence-corrected chi connectivity index (χ0v) is 17.0. The Morgan fingerprint density at radius 3 is 1.52 bits per heavy atom. The summed E-state index contributed by atoms with van der Waals surface area (Å²) in [5.74, 6) is 0. The molecule has 1 atom stereocenters. The maximum absolute atomic E-state index is 8.95. The molecular weight excluding hydrogens is 316 g/mol. The van der Waals surface area contributed by atoms with E-state index >= 15 is 0 Å². The molecule has 0 aromatic heterocycles. The Morgan fingerprint density at radius 1 is 0.640 bits per heavy atom. The standard InChI is InChI=1S/C21H44O4/c1-3-4-5-6-7-8-9-10-13-16-24-17-14-11-12-15-18-25-20-21(19-22)23-2/h21-22H,3-20H2,1-2H3. The topological polar surface area (TPSA) is 47.9 Å². The van der Waals surface area contributed by atoms with Crippen molar-refractivity contribution in [2.45, 2.75) is 96.5 Å². The molecule has 0 aliphatic rings. The summed E-state index contributed by atoms with van der Waals surface area (Å²) in [7, 11) is 1.60. The molecule has 4 nitrogen and oxygen atoms in total. The first-order valence-electron chi connectivity index (χ1n) is 10.6. The number of ether oxygens (including phenoxy) is 3. The van der Waals surface area contributed by atoms with Gasteiger partial charge >= 0.3 is 0 Å². The molecular formula is C21H44O4. The molecule has 0 aliphatic carbocycles. The molecule has 0 bridgehead atoms. The van der Waals surface area contributed by atoms with Gasteiger partial charge in [0, 0.05) is 26.9 Å². The van der Waals surface area contributed by atoms with Crippen molar-refractivity contribution in [2.24, 2.45) is 0 Å². The monoisotopic (exact) mass is 360 g/mol. The molecule has 1 unspecified atom stereocenters. The molecule has 0 amide bonds. The maximum Gasteiger partial charge on any atom is 0.103 e. The van der Waals surface area contributed by atoms with Crippen LogP contribution in [0.25, 0.3) is 0 Å². The van der Waals surface area contributed by atoms with E-state index in [1.807, 2.05) is 0 Å². The number of rotatable bonds is 21. The van der Waals surface area contributed by atoms with Crippen LogP contribution in [0.4, 0.5) is 0 Å². The van der Waals surface area contributed by atoms with E-state index in [0.29, 0.717) is 6.61 Å². The molecule has 0 aromatic carbocycles. The number of methoxy groups -OCH3 is 1. The average molecular weight is 361 g/mol. The SMILES string of the molecule is CCCCCCCCCCCOCCCCCCOCC(CO)OC. The second-order valence-corrected chi connectivity index (χ2v) is 6.97. The maximum atomic E-state index is 8.95. The van der Waals surface area contributed by atoms with Crippen LogP contribution in [0, 0.1) is 0 Å². The van der Waals surface area contributed by atoms with E-state index in [9.17, 15) is 0 Å². The van der Waals surface area contributed by atoms with Gasteiger partial charge in [-0.1, -0.05) is 71.1 Å². The van der Waals surface area contributed by atoms with Crippen molar-refractivity contribution in [2.75, 3.05) is 40.1 Å². The van der Waals surface area contributed by atoms with Crippen LogP contribution >= 0.6 is 0 Å². The summed E-state index contributed by atoms with van der Waals surface area (Å²) in [5.41, 5.74) is 0. The fourth-order valence-corrected chi connectivity index (χ4v) is 2.79. The molecule has 0 aliphatic heterocycles. The van der Waals surface area contributed by atoms with Crippen molar-refractivity contribution in [3.8, 4) is 0 Å². The highest BCUT2D eigenvalue weighted by Crippen LogP contribution is 2.09. The Morgan fingerprint density at radius 2 is 1.08 bits per heavy atom. The second-order valence-electron chi connectivity index (χ2n) is 6.97. The largest absolute Gasteiger partial charge is 0.394 e. The van der Waals surface area contributed by atoms with Crippen LogP contribution in [-0.4, -0.2) is 51.4 Å². The van der Waals surface area contributed by atoms with Gasteiger partial charge in [0.05, 0.1) is 13.2 Å². The van der Waals surface area contributed by atoms with E-state index in [2.05, 4.69) is 6.92 Å². The zero-order valence-electron chi connectivity index (χ0n) is 17.0. The molecule has 0 heterocycles. The van der Waals surface area contributed by atoms with Crippen LogP contribution in [0.5, 0.6) is 0 Å². The van der Waals surface area contributed by atoms with Gasteiger partial charge in [-0.05, 0) is 19.3 Å². The number of hydrogen-bond donors (Lipinski definition) is 1. The lowest BCUT2D eigenvalue weighted by Crippen LogP contribution is -2.22. The molecule has 0 saturated carbocycles. The van der Waals surface area contributed by atoms with Gasteiger partial charge < -0.3 is 19.3 Å². The first-order chi connectivity index (χ1) is 12.3. The third-order valence-corrected chi connectivity index (χ3v) is 4.56. The van der Waals surface area contributed by atoms with Crippen LogP contribution < -0.4 is 0 Å². The summed E-state index contributed by atoms with van der Waals surface area (Å²) in [4.78, 5) is 0. The molecule has 25 heavy (non-hydrogen) atoms. The molecule has 0 saturated heterocycles. The van der Waals surface area contributed by atoms with E-state index in [0.717, 1.165) is 32.7 Å². The summed E-state index contributed by atoms with van der Waals surface area (Å²) < 4.78 is 16.2. The summed E-state index contributed by atoms with van der Waals surface area (Å²) >= 11 is 0. The lowest BCUT2D eigenvalue weighted by atomic mass is 10.1. The van der Waals surface area contributed by atoms with Crippen molar-refractivity contribution in [3.05, 3.63) is 0 Å². The van der Waals surface area contributed by atoms with Crippen molar-refractivity contribution < 1.29 is 19.3 Å². The van der Waals surface area contributed by atoms with Crippen molar-refractivity contribution in [1.82, 2.24) is 0 Å². The molecule has 0 fully saturated rings. The van der Waals surface area contributed by atoms with Gasteiger partial charge in [0.1, 0.15) is 6.10 Å². The van der Waals surface area contributed by atoms with E-state index in [1.165, 1.54) is 70.6 Å². The van der Waals surface area contributed by atoms with Crippen LogP contribution in [0.2, 0.25) is 0 Å². The van der Waals surface area contributed by atoms with Crippen molar-refractivity contribution >= 4 is 0 Å². The molecule has 0 radical (unpaired) electrons. The van der Waals surface area contributed by atoms with Crippen LogP contribution in [0.1, 0.15) is 90.4 Å². The summed E-state index contributed by atoms with van der Waals surface area (Å²) in [6, 6.07) is 0. The third kappa shape index (κ3) is 20.0. The minimum atomic E-state index is -0.186. The van der Waals surface area contributed by atoms with E-state index in [1.54, 1.807) is 7.11 Å². The molecule has 0 rings (SSSR count). The molecule has 0 spiro atoms. The van der Waals surface area contributed by atoms with Gasteiger partial charge in [-0.25, -0.2) is 0 Å². The number of aliphatic hydroxyl groups is 1. The van der Waals surface area contributed by atoms with E-state index in [4.69, 9.17) is 19.3 Å². The Bertz CT molecular complexity index is 232. The van der Waals surface area contributed by atoms with Crippen molar-refractivity contribution in [1.29, 1.82) is 0 Å². The highest BCUT2D eigenvalue weighted by molar-refractivity contribution is 4.52. The van der Waals surface area contributed by atoms with Gasteiger partial charge in [0.15, 0.2) is 0 Å². The smallest absolute Gasteiger partial charge is 0.103 e. The van der Waals surface area contributed by atoms with E-state index in [-0.39, 0.29) is 12.7 Å². The summed E-state index contributed by atoms with van der Waals surface area (Å²) in [6.07, 6.45) is 16.7. The Labute approximate surface area is 156 Å². The Kier molecular flexibility index (Phi) is 21.7. The van der Waals surface area contributed by atoms with Gasteiger partial charge in [-0.2, -0.15) is 0 Å². The molecule has 152 valence electrons. The van der Waals surface area contributed by atoms with Gasteiger partial charge in [-0.15, -0.1) is 0 Å². The predicted molar refractivity (Wildman–Crippen MR) is 105 cm³/mol. The Hall–Kier alpha value is -0.160. The van der Waals surface area contributed by atoms with E-state index < -0.39 is 0 Å². The Balaban J connectivity index is 3.03. The molecule has 1 N–H and O–H groups in total. The second kappa shape index (κ2) is 21.9. The fraction of sp³-hybridized carbons (Fsp3) is 1.00. The highest BCUT2D eigenvalue weighted by atomic mass is 16.5. The third-order valence-electron chi connectivity index (χ3n) is 4.56. The lowest BCUT2D eigenvalue weighted by molar-refractivity contribution is -0.0205. The minimum Gasteiger partial charge on any atom is -0.394 e. The summed E-state index contributed by atoms with van der Waals surface area (Å²) in [6.45, 7) is 5.35. The molecule has 4 heteroatoms. The molecule has 0 aromatic rings. The van der Waals surface area contributed by atoms with Crippen LogP contribution in [-0.2, 0) is 14.2 Å².